The summed E-state index contributed by atoms with van der Waals surface area (Å²) in [6.45, 7) is 4.94. The lowest BCUT2D eigenvalue weighted by atomic mass is 10.3. The molecule has 3 aromatic rings. The number of hydrogen-bond donors (Lipinski definition) is 2. The number of thioether (sulfide) groups is 1. The summed E-state index contributed by atoms with van der Waals surface area (Å²) < 4.78 is 2.10. The summed E-state index contributed by atoms with van der Waals surface area (Å²) >= 11 is 1.90. The van der Waals surface area contributed by atoms with E-state index < -0.39 is 0 Å². The number of imidazole rings is 2. The van der Waals surface area contributed by atoms with Gasteiger partial charge in [-0.3, -0.25) is 0 Å². The Balaban J connectivity index is 1.48. The van der Waals surface area contributed by atoms with Crippen LogP contribution in [0.25, 0.3) is 11.0 Å². The summed E-state index contributed by atoms with van der Waals surface area (Å²) in [5.41, 5.74) is 2.17. The molecule has 0 spiro atoms. The molecule has 2 N–H and O–H groups in total. The van der Waals surface area contributed by atoms with Gasteiger partial charge in [0.2, 0.25) is 0 Å². The van der Waals surface area contributed by atoms with Gasteiger partial charge in [-0.05, 0) is 43.3 Å². The number of H-pyrrole nitrogens is 1. The van der Waals surface area contributed by atoms with Crippen LogP contribution in [-0.4, -0.2) is 31.8 Å². The molecule has 2 heterocycles. The highest BCUT2D eigenvalue weighted by Gasteiger charge is 2.04. The predicted molar refractivity (Wildman–Crippen MR) is 95.7 cm³/mol. The number of rotatable bonds is 9. The number of hydrogen-bond acceptors (Lipinski definition) is 4. The smallest absolute Gasteiger partial charge is 0.121 e. The molecule has 0 unspecified atom stereocenters. The molecule has 0 bridgehead atoms. The Kier molecular flexibility index (Phi) is 5.71. The molecular formula is C17H23N5S. The highest BCUT2D eigenvalue weighted by Crippen LogP contribution is 2.23. The SMILES string of the molecule is CCCSc1ccc2nc(CNCCCn3ccnc3)[nH]c2c1. The Morgan fingerprint density at radius 2 is 2.30 bits per heavy atom. The number of aromatic nitrogens is 4. The van der Waals surface area contributed by atoms with Crippen molar-refractivity contribution in [3.63, 3.8) is 0 Å². The van der Waals surface area contributed by atoms with Crippen LogP contribution in [0.3, 0.4) is 0 Å². The van der Waals surface area contributed by atoms with E-state index in [1.807, 2.05) is 30.5 Å². The minimum absolute atomic E-state index is 0.774. The average molecular weight is 329 g/mol. The van der Waals surface area contributed by atoms with Gasteiger partial charge in [-0.1, -0.05) is 6.92 Å². The first-order chi connectivity index (χ1) is 11.3. The normalized spacial score (nSPS) is 11.3. The second-order valence-corrected chi connectivity index (χ2v) is 6.71. The number of nitrogens with zero attached hydrogens (tertiary/aromatic N) is 3. The predicted octanol–water partition coefficient (Wildman–Crippen LogP) is 3.44. The standard InChI is InChI=1S/C17H23N5S/c1-2-10-23-14-4-5-15-16(11-14)21-17(20-15)12-18-6-3-8-22-9-7-19-13-22/h4-5,7,9,11,13,18H,2-3,6,8,10,12H2,1H3,(H,20,21). The van der Waals surface area contributed by atoms with E-state index in [-0.39, 0.29) is 0 Å². The number of nitrogens with one attached hydrogen (secondary N) is 2. The van der Waals surface area contributed by atoms with Crippen molar-refractivity contribution < 1.29 is 0 Å². The van der Waals surface area contributed by atoms with Crippen LogP contribution in [0.15, 0.2) is 41.8 Å². The summed E-state index contributed by atoms with van der Waals surface area (Å²) in [5.74, 6) is 2.16. The van der Waals surface area contributed by atoms with E-state index in [1.165, 1.54) is 11.3 Å². The largest absolute Gasteiger partial charge is 0.341 e. The molecule has 3 rings (SSSR count). The van der Waals surface area contributed by atoms with Gasteiger partial charge >= 0.3 is 0 Å². The Hall–Kier alpha value is -1.79. The summed E-state index contributed by atoms with van der Waals surface area (Å²) in [4.78, 5) is 13.4. The lowest BCUT2D eigenvalue weighted by Gasteiger charge is -2.03. The molecule has 0 aliphatic carbocycles. The van der Waals surface area contributed by atoms with Gasteiger partial charge < -0.3 is 14.9 Å². The molecule has 0 atom stereocenters. The van der Waals surface area contributed by atoms with Crippen LogP contribution >= 0.6 is 11.8 Å². The van der Waals surface area contributed by atoms with Crippen LogP contribution in [0.5, 0.6) is 0 Å². The quantitative estimate of drug-likeness (QED) is 0.466. The molecule has 1 aromatic carbocycles. The number of benzene rings is 1. The van der Waals surface area contributed by atoms with E-state index >= 15 is 0 Å². The van der Waals surface area contributed by atoms with Crippen LogP contribution in [0.1, 0.15) is 25.6 Å². The third-order valence-corrected chi connectivity index (χ3v) is 4.80. The van der Waals surface area contributed by atoms with Gasteiger partial charge in [0, 0.05) is 23.8 Å². The van der Waals surface area contributed by atoms with Gasteiger partial charge in [-0.15, -0.1) is 11.8 Å². The lowest BCUT2D eigenvalue weighted by molar-refractivity contribution is 0.574. The topological polar surface area (TPSA) is 58.5 Å². The van der Waals surface area contributed by atoms with Gasteiger partial charge in [0.1, 0.15) is 5.82 Å². The molecule has 5 nitrogen and oxygen atoms in total. The molecule has 0 radical (unpaired) electrons. The van der Waals surface area contributed by atoms with Crippen LogP contribution < -0.4 is 5.32 Å². The van der Waals surface area contributed by atoms with Crippen molar-refractivity contribution in [1.82, 2.24) is 24.8 Å². The van der Waals surface area contributed by atoms with E-state index in [9.17, 15) is 0 Å². The Labute approximate surface area is 140 Å². The zero-order valence-electron chi connectivity index (χ0n) is 13.5. The highest BCUT2D eigenvalue weighted by atomic mass is 32.2. The molecule has 23 heavy (non-hydrogen) atoms. The van der Waals surface area contributed by atoms with Crippen molar-refractivity contribution in [3.05, 3.63) is 42.7 Å². The summed E-state index contributed by atoms with van der Waals surface area (Å²) in [6, 6.07) is 6.46. The first-order valence-corrected chi connectivity index (χ1v) is 9.11. The monoisotopic (exact) mass is 329 g/mol. The maximum atomic E-state index is 4.64. The molecule has 0 aliphatic heterocycles. The maximum Gasteiger partial charge on any atom is 0.121 e. The fourth-order valence-electron chi connectivity index (χ4n) is 2.45. The van der Waals surface area contributed by atoms with Gasteiger partial charge in [-0.25, -0.2) is 9.97 Å². The van der Waals surface area contributed by atoms with Gasteiger partial charge in [-0.2, -0.15) is 0 Å². The molecular weight excluding hydrogens is 306 g/mol. The van der Waals surface area contributed by atoms with Gasteiger partial charge in [0.05, 0.1) is 23.9 Å². The van der Waals surface area contributed by atoms with Crippen molar-refractivity contribution >= 4 is 22.8 Å². The lowest BCUT2D eigenvalue weighted by Crippen LogP contribution is -2.17. The van der Waals surface area contributed by atoms with Crippen molar-refractivity contribution in [2.45, 2.75) is 37.8 Å². The van der Waals surface area contributed by atoms with E-state index in [2.05, 4.69) is 50.0 Å². The molecule has 0 saturated heterocycles. The maximum absolute atomic E-state index is 4.64. The molecule has 0 fully saturated rings. The molecule has 6 heteroatoms. The average Bonchev–Trinajstić information content (AvgIpc) is 3.21. The fourth-order valence-corrected chi connectivity index (χ4v) is 3.25. The van der Waals surface area contributed by atoms with E-state index in [0.717, 1.165) is 48.7 Å². The zero-order valence-corrected chi connectivity index (χ0v) is 14.3. The second-order valence-electron chi connectivity index (χ2n) is 5.54. The van der Waals surface area contributed by atoms with E-state index in [1.54, 1.807) is 0 Å². The van der Waals surface area contributed by atoms with Crippen LogP contribution in [0.4, 0.5) is 0 Å². The number of aryl methyl sites for hydroxylation is 1. The third-order valence-electron chi connectivity index (χ3n) is 3.60. The van der Waals surface area contributed by atoms with Crippen molar-refractivity contribution in [2.24, 2.45) is 0 Å². The Morgan fingerprint density at radius 1 is 1.35 bits per heavy atom. The van der Waals surface area contributed by atoms with Crippen LogP contribution in [0.2, 0.25) is 0 Å². The van der Waals surface area contributed by atoms with Crippen molar-refractivity contribution in [1.29, 1.82) is 0 Å². The number of fused-ring (bicyclic) bond motifs is 1. The van der Waals surface area contributed by atoms with Crippen LogP contribution in [-0.2, 0) is 13.1 Å². The molecule has 0 amide bonds. The molecule has 2 aromatic heterocycles. The zero-order chi connectivity index (χ0) is 15.9. The van der Waals surface area contributed by atoms with E-state index in [0.29, 0.717) is 0 Å². The van der Waals surface area contributed by atoms with Gasteiger partial charge in [0.15, 0.2) is 0 Å². The van der Waals surface area contributed by atoms with E-state index in [4.69, 9.17) is 0 Å². The second kappa shape index (κ2) is 8.17. The van der Waals surface area contributed by atoms with Gasteiger partial charge in [0.25, 0.3) is 0 Å². The summed E-state index contributed by atoms with van der Waals surface area (Å²) in [7, 11) is 0. The van der Waals surface area contributed by atoms with Crippen LogP contribution in [0, 0.1) is 0 Å². The molecule has 0 aliphatic rings. The third kappa shape index (κ3) is 4.59. The Bertz CT molecular complexity index is 720. The first-order valence-electron chi connectivity index (χ1n) is 8.13. The molecule has 0 saturated carbocycles. The number of aromatic amines is 1. The summed E-state index contributed by atoms with van der Waals surface area (Å²) in [5, 5.41) is 3.44. The molecule has 122 valence electrons. The minimum Gasteiger partial charge on any atom is -0.341 e. The first kappa shape index (κ1) is 16.1. The van der Waals surface area contributed by atoms with Crippen molar-refractivity contribution in [2.75, 3.05) is 12.3 Å². The highest BCUT2D eigenvalue weighted by molar-refractivity contribution is 7.99. The fraction of sp³-hybridized carbons (Fsp3) is 0.412. The minimum atomic E-state index is 0.774. The van der Waals surface area contributed by atoms with Crippen molar-refractivity contribution in [3.8, 4) is 0 Å². The summed E-state index contributed by atoms with van der Waals surface area (Å²) in [6.07, 6.45) is 7.93. The Morgan fingerprint density at radius 3 is 3.13 bits per heavy atom.